The van der Waals surface area contributed by atoms with Gasteiger partial charge in [-0.25, -0.2) is 4.39 Å². The van der Waals surface area contributed by atoms with E-state index in [1.54, 1.807) is 0 Å². The van der Waals surface area contributed by atoms with Crippen molar-refractivity contribution in [3.05, 3.63) is 0 Å². The Morgan fingerprint density at radius 2 is 1.82 bits per heavy atom. The number of halogens is 1. The van der Waals surface area contributed by atoms with Crippen molar-refractivity contribution in [2.24, 2.45) is 0 Å². The van der Waals surface area contributed by atoms with Crippen molar-refractivity contribution < 1.29 is 13.9 Å². The van der Waals surface area contributed by atoms with Crippen LogP contribution in [0.25, 0.3) is 0 Å². The van der Waals surface area contributed by atoms with E-state index >= 15 is 0 Å². The highest BCUT2D eigenvalue weighted by Crippen LogP contribution is 1.93. The topological polar surface area (TPSA) is 18.5 Å². The molecule has 0 amide bonds. The molecule has 0 saturated carbocycles. The van der Waals surface area contributed by atoms with Gasteiger partial charge >= 0.3 is 0 Å². The predicted molar refractivity (Wildman–Crippen MR) is 42.5 cm³/mol. The maximum Gasteiger partial charge on any atom is 0.146 e. The summed E-state index contributed by atoms with van der Waals surface area (Å²) < 4.78 is 22.5. The maximum absolute atomic E-state index is 12.7. The molecule has 0 aliphatic heterocycles. The van der Waals surface area contributed by atoms with E-state index in [4.69, 9.17) is 9.47 Å². The molecule has 0 aromatic heterocycles. The smallest absolute Gasteiger partial charge is 0.146 e. The summed E-state index contributed by atoms with van der Waals surface area (Å²) in [7, 11) is 0. The van der Waals surface area contributed by atoms with Gasteiger partial charge in [-0.15, -0.1) is 0 Å². The molecule has 1 unspecified atom stereocenters. The first-order valence-electron chi connectivity index (χ1n) is 4.10. The second-order valence-corrected chi connectivity index (χ2v) is 2.33. The van der Waals surface area contributed by atoms with E-state index in [2.05, 4.69) is 0 Å². The van der Waals surface area contributed by atoms with Crippen molar-refractivity contribution in [1.82, 2.24) is 0 Å². The van der Waals surface area contributed by atoms with E-state index in [9.17, 15) is 4.39 Å². The first-order valence-corrected chi connectivity index (χ1v) is 4.10. The van der Waals surface area contributed by atoms with Crippen molar-refractivity contribution in [1.29, 1.82) is 0 Å². The third-order valence-electron chi connectivity index (χ3n) is 1.15. The van der Waals surface area contributed by atoms with E-state index in [0.717, 1.165) is 6.42 Å². The zero-order chi connectivity index (χ0) is 8.53. The lowest BCUT2D eigenvalue weighted by atomic mass is 10.4. The zero-order valence-corrected chi connectivity index (χ0v) is 7.31. The molecule has 0 radical (unpaired) electrons. The summed E-state index contributed by atoms with van der Waals surface area (Å²) in [4.78, 5) is 0. The van der Waals surface area contributed by atoms with Gasteiger partial charge in [0.25, 0.3) is 0 Å². The van der Waals surface area contributed by atoms with Crippen LogP contribution >= 0.6 is 0 Å². The first kappa shape index (κ1) is 10.8. The fourth-order valence-corrected chi connectivity index (χ4v) is 0.649. The van der Waals surface area contributed by atoms with Crippen molar-refractivity contribution in [3.8, 4) is 0 Å². The highest BCUT2D eigenvalue weighted by Gasteiger charge is 2.04. The summed E-state index contributed by atoms with van der Waals surface area (Å²) >= 11 is 0. The van der Waals surface area contributed by atoms with Crippen molar-refractivity contribution in [2.45, 2.75) is 26.4 Å². The summed E-state index contributed by atoms with van der Waals surface area (Å²) in [6, 6.07) is 0. The van der Waals surface area contributed by atoms with E-state index in [1.165, 1.54) is 0 Å². The molecule has 0 saturated heterocycles. The molecular weight excluding hydrogens is 147 g/mol. The third kappa shape index (κ3) is 7.75. The molecule has 0 aromatic carbocycles. The quantitative estimate of drug-likeness (QED) is 0.534. The summed E-state index contributed by atoms with van der Waals surface area (Å²) in [5.41, 5.74) is 0. The Morgan fingerprint density at radius 3 is 2.36 bits per heavy atom. The average Bonchev–Trinajstić information content (AvgIpc) is 2.01. The Labute approximate surface area is 67.7 Å². The van der Waals surface area contributed by atoms with Crippen LogP contribution in [-0.2, 0) is 9.47 Å². The SMILES string of the molecule is CCCOCC(F)COCC. The highest BCUT2D eigenvalue weighted by molar-refractivity contribution is 4.51. The molecule has 0 heterocycles. The van der Waals surface area contributed by atoms with Gasteiger partial charge in [-0.1, -0.05) is 6.92 Å². The third-order valence-corrected chi connectivity index (χ3v) is 1.15. The van der Waals surface area contributed by atoms with Gasteiger partial charge in [-0.3, -0.25) is 0 Å². The molecule has 0 bridgehead atoms. The lowest BCUT2D eigenvalue weighted by molar-refractivity contribution is 0.0255. The minimum atomic E-state index is -0.971. The van der Waals surface area contributed by atoms with E-state index in [-0.39, 0.29) is 13.2 Å². The van der Waals surface area contributed by atoms with Crippen LogP contribution < -0.4 is 0 Å². The monoisotopic (exact) mass is 164 g/mol. The number of hydrogen-bond acceptors (Lipinski definition) is 2. The molecule has 1 atom stereocenters. The fourth-order valence-electron chi connectivity index (χ4n) is 0.649. The summed E-state index contributed by atoms with van der Waals surface area (Å²) in [6.07, 6.45) is -0.0389. The maximum atomic E-state index is 12.7. The second-order valence-electron chi connectivity index (χ2n) is 2.33. The Bertz CT molecular complexity index is 78.5. The van der Waals surface area contributed by atoms with E-state index in [1.807, 2.05) is 13.8 Å². The molecule has 0 spiro atoms. The Balaban J connectivity index is 3.02. The van der Waals surface area contributed by atoms with Gasteiger partial charge in [0.1, 0.15) is 6.17 Å². The van der Waals surface area contributed by atoms with Gasteiger partial charge in [0.05, 0.1) is 13.2 Å². The minimum absolute atomic E-state index is 0.153. The summed E-state index contributed by atoms with van der Waals surface area (Å²) in [5, 5.41) is 0. The van der Waals surface area contributed by atoms with Crippen LogP contribution in [0.2, 0.25) is 0 Å². The van der Waals surface area contributed by atoms with Crippen LogP contribution in [0.15, 0.2) is 0 Å². The number of alkyl halides is 1. The van der Waals surface area contributed by atoms with Gasteiger partial charge in [0, 0.05) is 13.2 Å². The predicted octanol–water partition coefficient (Wildman–Crippen LogP) is 1.79. The van der Waals surface area contributed by atoms with Gasteiger partial charge in [-0.05, 0) is 13.3 Å². The van der Waals surface area contributed by atoms with Gasteiger partial charge in [0.2, 0.25) is 0 Å². The van der Waals surface area contributed by atoms with Crippen LogP contribution in [0.4, 0.5) is 4.39 Å². The zero-order valence-electron chi connectivity index (χ0n) is 7.31. The average molecular weight is 164 g/mol. The molecule has 68 valence electrons. The van der Waals surface area contributed by atoms with Gasteiger partial charge < -0.3 is 9.47 Å². The molecule has 0 aromatic rings. The molecule has 0 rings (SSSR count). The van der Waals surface area contributed by atoms with Crippen LogP contribution in [-0.4, -0.2) is 32.6 Å². The molecule has 0 aliphatic carbocycles. The fraction of sp³-hybridized carbons (Fsp3) is 1.00. The molecule has 3 heteroatoms. The Hall–Kier alpha value is -0.150. The van der Waals surface area contributed by atoms with Crippen molar-refractivity contribution in [3.63, 3.8) is 0 Å². The van der Waals surface area contributed by atoms with Crippen LogP contribution in [0.3, 0.4) is 0 Å². The number of hydrogen-bond donors (Lipinski definition) is 0. The molecule has 0 fully saturated rings. The normalized spacial score (nSPS) is 13.4. The summed E-state index contributed by atoms with van der Waals surface area (Å²) in [5.74, 6) is 0. The van der Waals surface area contributed by atoms with Crippen LogP contribution in [0, 0.1) is 0 Å². The standard InChI is InChI=1S/C8H17FO2/c1-3-5-11-7-8(9)6-10-4-2/h8H,3-7H2,1-2H3. The molecular formula is C8H17FO2. The molecule has 0 N–H and O–H groups in total. The first-order chi connectivity index (χ1) is 5.31. The Morgan fingerprint density at radius 1 is 1.18 bits per heavy atom. The van der Waals surface area contributed by atoms with Gasteiger partial charge in [0.15, 0.2) is 0 Å². The van der Waals surface area contributed by atoms with Crippen LogP contribution in [0.5, 0.6) is 0 Å². The lowest BCUT2D eigenvalue weighted by Gasteiger charge is -2.07. The molecule has 2 nitrogen and oxygen atoms in total. The summed E-state index contributed by atoms with van der Waals surface area (Å²) in [6.45, 7) is 5.35. The van der Waals surface area contributed by atoms with Crippen molar-refractivity contribution >= 4 is 0 Å². The van der Waals surface area contributed by atoms with E-state index < -0.39 is 6.17 Å². The Kier molecular flexibility index (Phi) is 7.84. The highest BCUT2D eigenvalue weighted by atomic mass is 19.1. The second kappa shape index (κ2) is 7.95. The van der Waals surface area contributed by atoms with Crippen LogP contribution in [0.1, 0.15) is 20.3 Å². The molecule has 11 heavy (non-hydrogen) atoms. The molecule has 0 aliphatic rings. The lowest BCUT2D eigenvalue weighted by Crippen LogP contribution is -2.17. The van der Waals surface area contributed by atoms with Crippen molar-refractivity contribution in [2.75, 3.05) is 26.4 Å². The van der Waals surface area contributed by atoms with Gasteiger partial charge in [-0.2, -0.15) is 0 Å². The van der Waals surface area contributed by atoms with E-state index in [0.29, 0.717) is 13.2 Å². The minimum Gasteiger partial charge on any atom is -0.379 e. The number of rotatable bonds is 7. The number of ether oxygens (including phenoxy) is 2. The largest absolute Gasteiger partial charge is 0.379 e.